The summed E-state index contributed by atoms with van der Waals surface area (Å²) >= 11 is 1.09. The summed E-state index contributed by atoms with van der Waals surface area (Å²) in [5, 5.41) is 9.04. The van der Waals surface area contributed by atoms with Gasteiger partial charge in [-0.25, -0.2) is 4.79 Å². The molecule has 0 aliphatic heterocycles. The summed E-state index contributed by atoms with van der Waals surface area (Å²) in [6.45, 7) is 1.69. The maximum absolute atomic E-state index is 13.4. The highest BCUT2D eigenvalue weighted by atomic mass is 32.1. The van der Waals surface area contributed by atoms with Crippen LogP contribution in [-0.4, -0.2) is 34.6 Å². The monoisotopic (exact) mass is 495 g/mol. The maximum Gasteiger partial charge on any atom is 0.573 e. The second-order valence-electron chi connectivity index (χ2n) is 7.65. The molecule has 3 aromatic rings. The first-order chi connectivity index (χ1) is 16.2. The molecule has 1 amide bonds. The van der Waals surface area contributed by atoms with Gasteiger partial charge in [0.2, 0.25) is 5.91 Å². The first-order valence-electron chi connectivity index (χ1n) is 10.6. The average Bonchev–Trinajstić information content (AvgIpc) is 3.45. The Labute approximate surface area is 195 Å². The number of benzene rings is 1. The largest absolute Gasteiger partial charge is 0.573 e. The number of ether oxygens (including phenoxy) is 2. The van der Waals surface area contributed by atoms with E-state index in [1.165, 1.54) is 12.1 Å². The number of alkyl halides is 3. The van der Waals surface area contributed by atoms with Crippen LogP contribution in [0.5, 0.6) is 5.75 Å². The Morgan fingerprint density at radius 3 is 2.50 bits per heavy atom. The van der Waals surface area contributed by atoms with Crippen molar-refractivity contribution in [1.82, 2.24) is 9.78 Å². The number of anilines is 1. The second kappa shape index (κ2) is 9.45. The van der Waals surface area contributed by atoms with E-state index < -0.39 is 23.6 Å². The molecule has 180 valence electrons. The van der Waals surface area contributed by atoms with Crippen LogP contribution in [-0.2, 0) is 9.53 Å². The smallest absolute Gasteiger partial charge is 0.461 e. The zero-order valence-corrected chi connectivity index (χ0v) is 18.8. The fraction of sp³-hybridized carbons (Fsp3) is 0.364. The quantitative estimate of drug-likeness (QED) is 0.500. The van der Waals surface area contributed by atoms with Gasteiger partial charge < -0.3 is 14.8 Å². The molecule has 4 rings (SSSR count). The number of hydrogen-bond donors (Lipinski definition) is 1. The van der Waals surface area contributed by atoms with Crippen molar-refractivity contribution in [3.63, 3.8) is 0 Å². The summed E-state index contributed by atoms with van der Waals surface area (Å²) in [4.78, 5) is 38.6. The number of carbonyl (C=O) groups is 2. The molecule has 34 heavy (non-hydrogen) atoms. The maximum atomic E-state index is 13.4. The van der Waals surface area contributed by atoms with Crippen molar-refractivity contribution < 1.29 is 32.2 Å². The van der Waals surface area contributed by atoms with Gasteiger partial charge in [-0.3, -0.25) is 9.59 Å². The summed E-state index contributed by atoms with van der Waals surface area (Å²) in [6, 6.07) is 4.47. The third kappa shape index (κ3) is 4.91. The molecule has 1 aliphatic rings. The fourth-order valence-electron chi connectivity index (χ4n) is 3.86. The van der Waals surface area contributed by atoms with Crippen molar-refractivity contribution in [2.24, 2.45) is 5.92 Å². The average molecular weight is 495 g/mol. The number of fused-ring (bicyclic) bond motifs is 1. The molecule has 0 radical (unpaired) electrons. The first kappa shape index (κ1) is 23.7. The number of nitrogens with one attached hydrogen (secondary N) is 1. The van der Waals surface area contributed by atoms with Crippen molar-refractivity contribution in [3.8, 4) is 11.4 Å². The molecule has 0 saturated heterocycles. The van der Waals surface area contributed by atoms with E-state index in [1.807, 2.05) is 0 Å². The van der Waals surface area contributed by atoms with Gasteiger partial charge in [0.15, 0.2) is 5.69 Å². The van der Waals surface area contributed by atoms with Gasteiger partial charge in [-0.15, -0.1) is 24.5 Å². The van der Waals surface area contributed by atoms with Crippen molar-refractivity contribution in [2.45, 2.75) is 39.0 Å². The lowest BCUT2D eigenvalue weighted by molar-refractivity contribution is -0.274. The lowest BCUT2D eigenvalue weighted by Gasteiger charge is -2.12. The summed E-state index contributed by atoms with van der Waals surface area (Å²) in [5.41, 5.74) is -0.688. The number of nitrogens with zero attached hydrogens (tertiary/aromatic N) is 2. The Kier molecular flexibility index (Phi) is 6.60. The van der Waals surface area contributed by atoms with Gasteiger partial charge in [0, 0.05) is 16.7 Å². The molecule has 1 aromatic carbocycles. The number of carbonyl (C=O) groups excluding carboxylic acids is 2. The highest BCUT2D eigenvalue weighted by Crippen LogP contribution is 2.33. The Balaban J connectivity index is 1.80. The first-order valence-corrected chi connectivity index (χ1v) is 11.4. The van der Waals surface area contributed by atoms with E-state index in [9.17, 15) is 27.6 Å². The van der Waals surface area contributed by atoms with Crippen LogP contribution in [0.3, 0.4) is 0 Å². The number of thiophene rings is 1. The van der Waals surface area contributed by atoms with Crippen molar-refractivity contribution in [3.05, 3.63) is 45.7 Å². The van der Waals surface area contributed by atoms with Gasteiger partial charge in [0.05, 0.1) is 17.7 Å². The standard InChI is InChI=1S/C22H20F3N3O5S/c1-2-32-21(31)17-15-11-34-19(26-18(29)12-5-3-4-6-12)16(15)20(30)28(27-17)13-7-9-14(10-8-13)33-22(23,24)25/h7-12H,2-6H2,1H3,(H,26,29). The van der Waals surface area contributed by atoms with E-state index in [-0.39, 0.29) is 45.6 Å². The molecule has 1 saturated carbocycles. The predicted octanol–water partition coefficient (Wildman–Crippen LogP) is 4.65. The second-order valence-corrected chi connectivity index (χ2v) is 8.53. The Morgan fingerprint density at radius 1 is 1.21 bits per heavy atom. The SMILES string of the molecule is CCOC(=O)c1nn(-c2ccc(OC(F)(F)F)cc2)c(=O)c2c(NC(=O)C3CCCC3)scc12. The van der Waals surface area contributed by atoms with E-state index >= 15 is 0 Å². The molecule has 1 aliphatic carbocycles. The Bertz CT molecular complexity index is 1280. The van der Waals surface area contributed by atoms with Crippen LogP contribution in [0.15, 0.2) is 34.4 Å². The third-order valence-electron chi connectivity index (χ3n) is 5.40. The van der Waals surface area contributed by atoms with Crippen LogP contribution in [0.1, 0.15) is 43.1 Å². The summed E-state index contributed by atoms with van der Waals surface area (Å²) in [6.07, 6.45) is -1.42. The molecule has 1 N–H and O–H groups in total. The van der Waals surface area contributed by atoms with Gasteiger partial charge in [0.1, 0.15) is 10.8 Å². The summed E-state index contributed by atoms with van der Waals surface area (Å²) < 4.78 is 47.2. The van der Waals surface area contributed by atoms with Crippen LogP contribution in [0.4, 0.5) is 18.2 Å². The lowest BCUT2D eigenvalue weighted by Crippen LogP contribution is -2.26. The van der Waals surface area contributed by atoms with Crippen LogP contribution in [0.2, 0.25) is 0 Å². The molecule has 2 aromatic heterocycles. The zero-order chi connectivity index (χ0) is 24.5. The third-order valence-corrected chi connectivity index (χ3v) is 6.29. The molecule has 2 heterocycles. The minimum Gasteiger partial charge on any atom is -0.461 e. The van der Waals surface area contributed by atoms with Crippen LogP contribution < -0.4 is 15.6 Å². The summed E-state index contributed by atoms with van der Waals surface area (Å²) in [5.74, 6) is -1.59. The molecule has 8 nitrogen and oxygen atoms in total. The number of esters is 1. The summed E-state index contributed by atoms with van der Waals surface area (Å²) in [7, 11) is 0. The zero-order valence-electron chi connectivity index (χ0n) is 18.0. The number of halogens is 3. The molecular weight excluding hydrogens is 475 g/mol. The van der Waals surface area contributed by atoms with Gasteiger partial charge >= 0.3 is 12.3 Å². The van der Waals surface area contributed by atoms with Gasteiger partial charge in [-0.1, -0.05) is 12.8 Å². The molecule has 0 bridgehead atoms. The fourth-order valence-corrected chi connectivity index (χ4v) is 4.80. The van der Waals surface area contributed by atoms with Gasteiger partial charge in [0.25, 0.3) is 5.56 Å². The Hall–Kier alpha value is -3.41. The molecule has 0 atom stereocenters. The number of hydrogen-bond acceptors (Lipinski definition) is 7. The normalized spacial score (nSPS) is 14.4. The van der Waals surface area contributed by atoms with Crippen molar-refractivity contribution in [1.29, 1.82) is 0 Å². The molecular formula is C22H20F3N3O5S. The van der Waals surface area contributed by atoms with E-state index in [2.05, 4.69) is 15.2 Å². The number of aromatic nitrogens is 2. The predicted molar refractivity (Wildman–Crippen MR) is 118 cm³/mol. The van der Waals surface area contributed by atoms with Gasteiger partial charge in [-0.2, -0.15) is 9.78 Å². The van der Waals surface area contributed by atoms with E-state index in [1.54, 1.807) is 12.3 Å². The topological polar surface area (TPSA) is 99.5 Å². The number of rotatable bonds is 6. The van der Waals surface area contributed by atoms with E-state index in [4.69, 9.17) is 4.74 Å². The van der Waals surface area contributed by atoms with Crippen LogP contribution in [0, 0.1) is 5.92 Å². The van der Waals surface area contributed by atoms with Gasteiger partial charge in [-0.05, 0) is 44.0 Å². The number of amides is 1. The molecule has 0 unspecified atom stereocenters. The highest BCUT2D eigenvalue weighted by Gasteiger charge is 2.31. The molecule has 12 heteroatoms. The highest BCUT2D eigenvalue weighted by molar-refractivity contribution is 7.16. The lowest BCUT2D eigenvalue weighted by atomic mass is 10.1. The van der Waals surface area contributed by atoms with Crippen LogP contribution >= 0.6 is 11.3 Å². The Morgan fingerprint density at radius 2 is 1.88 bits per heavy atom. The molecule has 0 spiro atoms. The van der Waals surface area contributed by atoms with Crippen molar-refractivity contribution >= 4 is 39.0 Å². The minimum absolute atomic E-state index is 0.0695. The van der Waals surface area contributed by atoms with E-state index in [0.717, 1.165) is 53.8 Å². The van der Waals surface area contributed by atoms with Crippen molar-refractivity contribution in [2.75, 3.05) is 11.9 Å². The van der Waals surface area contributed by atoms with Crippen LogP contribution in [0.25, 0.3) is 16.5 Å². The van der Waals surface area contributed by atoms with E-state index in [0.29, 0.717) is 0 Å². The minimum atomic E-state index is -4.87. The molecule has 1 fully saturated rings.